The lowest BCUT2D eigenvalue weighted by Gasteiger charge is -2.39. The molecule has 1 atom stereocenters. The Morgan fingerprint density at radius 1 is 1.12 bits per heavy atom. The van der Waals surface area contributed by atoms with Crippen molar-refractivity contribution >= 4 is 23.2 Å². The van der Waals surface area contributed by atoms with Crippen LogP contribution in [0, 0.1) is 0 Å². The first-order valence-corrected chi connectivity index (χ1v) is 9.91. The second-order valence-electron chi connectivity index (χ2n) is 6.75. The van der Waals surface area contributed by atoms with Crippen LogP contribution in [-0.2, 0) is 11.3 Å². The van der Waals surface area contributed by atoms with Crippen molar-refractivity contribution < 1.29 is 9.59 Å². The Kier molecular flexibility index (Phi) is 4.99. The van der Waals surface area contributed by atoms with Gasteiger partial charge in [-0.05, 0) is 12.0 Å². The van der Waals surface area contributed by atoms with Crippen LogP contribution >= 0.6 is 11.3 Å². The van der Waals surface area contributed by atoms with Gasteiger partial charge in [0.25, 0.3) is 5.91 Å². The molecule has 0 radical (unpaired) electrons. The van der Waals surface area contributed by atoms with Crippen molar-refractivity contribution in [2.24, 2.45) is 0 Å². The molecule has 1 aromatic heterocycles. The van der Waals surface area contributed by atoms with Gasteiger partial charge in [-0.3, -0.25) is 14.5 Å². The maximum absolute atomic E-state index is 13.0. The zero-order valence-electron chi connectivity index (χ0n) is 14.6. The summed E-state index contributed by atoms with van der Waals surface area (Å²) >= 11 is 1.43. The predicted octanol–water partition coefficient (Wildman–Crippen LogP) is 1.70. The van der Waals surface area contributed by atoms with Crippen molar-refractivity contribution in [1.82, 2.24) is 19.7 Å². The highest BCUT2D eigenvalue weighted by Gasteiger charge is 2.37. The van der Waals surface area contributed by atoms with Crippen molar-refractivity contribution in [3.8, 4) is 0 Å². The van der Waals surface area contributed by atoms with E-state index in [2.05, 4.69) is 22.0 Å². The number of benzene rings is 1. The normalized spacial score (nSPS) is 21.4. The third kappa shape index (κ3) is 3.50. The van der Waals surface area contributed by atoms with Gasteiger partial charge in [0.15, 0.2) is 0 Å². The van der Waals surface area contributed by atoms with Crippen molar-refractivity contribution in [2.45, 2.75) is 19.0 Å². The van der Waals surface area contributed by atoms with E-state index in [1.54, 1.807) is 10.9 Å². The number of hydrogen-bond donors (Lipinski definition) is 0. The first-order chi connectivity index (χ1) is 12.7. The van der Waals surface area contributed by atoms with Gasteiger partial charge in [-0.2, -0.15) is 0 Å². The summed E-state index contributed by atoms with van der Waals surface area (Å²) in [5.41, 5.74) is 3.34. The fourth-order valence-electron chi connectivity index (χ4n) is 3.74. The quantitative estimate of drug-likeness (QED) is 0.825. The molecule has 0 bridgehead atoms. The molecule has 6 nitrogen and oxygen atoms in total. The van der Waals surface area contributed by atoms with Crippen molar-refractivity contribution in [1.29, 1.82) is 0 Å². The average molecular weight is 370 g/mol. The SMILES string of the molecule is O=C(c1cscn1)N1CCC2C(=O)N(Cc3ccccc3)CCN2CC1. The minimum Gasteiger partial charge on any atom is -0.336 e. The number of carbonyl (C=O) groups is 2. The third-order valence-corrected chi connectivity index (χ3v) is 5.77. The Bertz CT molecular complexity index is 765. The monoisotopic (exact) mass is 370 g/mol. The van der Waals surface area contributed by atoms with Gasteiger partial charge in [-0.15, -0.1) is 11.3 Å². The molecule has 7 heteroatoms. The highest BCUT2D eigenvalue weighted by Crippen LogP contribution is 2.21. The Hall–Kier alpha value is -2.25. The third-order valence-electron chi connectivity index (χ3n) is 5.18. The summed E-state index contributed by atoms with van der Waals surface area (Å²) in [5.74, 6) is 0.155. The molecule has 3 heterocycles. The molecule has 4 rings (SSSR count). The molecule has 0 spiro atoms. The summed E-state index contributed by atoms with van der Waals surface area (Å²) in [6.07, 6.45) is 0.681. The summed E-state index contributed by atoms with van der Waals surface area (Å²) in [4.78, 5) is 35.7. The maximum atomic E-state index is 13.0. The second-order valence-corrected chi connectivity index (χ2v) is 7.47. The van der Waals surface area contributed by atoms with Crippen LogP contribution in [0.15, 0.2) is 41.2 Å². The molecule has 1 aromatic carbocycles. The zero-order valence-corrected chi connectivity index (χ0v) is 15.4. The molecule has 2 amide bonds. The van der Waals surface area contributed by atoms with Gasteiger partial charge >= 0.3 is 0 Å². The van der Waals surface area contributed by atoms with Crippen LogP contribution in [0.3, 0.4) is 0 Å². The van der Waals surface area contributed by atoms with Crippen LogP contribution in [0.1, 0.15) is 22.5 Å². The number of aromatic nitrogens is 1. The van der Waals surface area contributed by atoms with Crippen LogP contribution < -0.4 is 0 Å². The predicted molar refractivity (Wildman–Crippen MR) is 99.9 cm³/mol. The Labute approximate surface area is 157 Å². The molecule has 1 unspecified atom stereocenters. The highest BCUT2D eigenvalue weighted by atomic mass is 32.1. The molecular weight excluding hydrogens is 348 g/mol. The molecule has 2 aliphatic rings. The van der Waals surface area contributed by atoms with E-state index in [9.17, 15) is 9.59 Å². The fraction of sp³-hybridized carbons (Fsp3) is 0.421. The van der Waals surface area contributed by atoms with Gasteiger partial charge in [0.2, 0.25) is 5.91 Å². The smallest absolute Gasteiger partial charge is 0.273 e. The number of carbonyl (C=O) groups excluding carboxylic acids is 2. The van der Waals surface area contributed by atoms with E-state index in [1.807, 2.05) is 28.0 Å². The number of nitrogens with zero attached hydrogens (tertiary/aromatic N) is 4. The Balaban J connectivity index is 1.42. The summed E-state index contributed by atoms with van der Waals surface area (Å²) in [7, 11) is 0. The molecule has 136 valence electrons. The molecule has 0 saturated carbocycles. The molecule has 2 saturated heterocycles. The van der Waals surface area contributed by atoms with Gasteiger partial charge < -0.3 is 9.80 Å². The second kappa shape index (κ2) is 7.55. The number of thiazole rings is 1. The van der Waals surface area contributed by atoms with E-state index in [1.165, 1.54) is 11.3 Å². The fourth-order valence-corrected chi connectivity index (χ4v) is 4.26. The first kappa shape index (κ1) is 17.2. The van der Waals surface area contributed by atoms with E-state index in [-0.39, 0.29) is 17.9 Å². The van der Waals surface area contributed by atoms with E-state index < -0.39 is 0 Å². The number of fused-ring (bicyclic) bond motifs is 1. The van der Waals surface area contributed by atoms with Crippen LogP contribution in [0.25, 0.3) is 0 Å². The summed E-state index contributed by atoms with van der Waals surface area (Å²) in [6.45, 7) is 4.25. The number of amides is 2. The van der Waals surface area contributed by atoms with Crippen LogP contribution in [0.5, 0.6) is 0 Å². The molecule has 2 aromatic rings. The number of piperazine rings is 1. The Morgan fingerprint density at radius 3 is 2.69 bits per heavy atom. The highest BCUT2D eigenvalue weighted by molar-refractivity contribution is 7.07. The lowest BCUT2D eigenvalue weighted by atomic mass is 10.1. The molecule has 2 aliphatic heterocycles. The van der Waals surface area contributed by atoms with E-state index in [0.717, 1.165) is 25.2 Å². The standard InChI is InChI=1S/C19H22N4O2S/c24-18(16-13-26-14-20-16)22-7-6-17-19(25)23(11-9-21(17)8-10-22)12-15-4-2-1-3-5-15/h1-5,13-14,17H,6-12H2. The lowest BCUT2D eigenvalue weighted by Crippen LogP contribution is -2.56. The lowest BCUT2D eigenvalue weighted by molar-refractivity contribution is -0.142. The first-order valence-electron chi connectivity index (χ1n) is 8.96. The van der Waals surface area contributed by atoms with Crippen LogP contribution in [-0.4, -0.2) is 70.3 Å². The summed E-state index contributed by atoms with van der Waals surface area (Å²) < 4.78 is 0. The van der Waals surface area contributed by atoms with Gasteiger partial charge in [0.1, 0.15) is 5.69 Å². The summed E-state index contributed by atoms with van der Waals surface area (Å²) in [6, 6.07) is 9.98. The Morgan fingerprint density at radius 2 is 1.92 bits per heavy atom. The molecule has 26 heavy (non-hydrogen) atoms. The van der Waals surface area contributed by atoms with Gasteiger partial charge in [-0.25, -0.2) is 4.98 Å². The number of rotatable bonds is 3. The van der Waals surface area contributed by atoms with Gasteiger partial charge in [0, 0.05) is 44.6 Å². The molecule has 2 fully saturated rings. The average Bonchev–Trinajstić information content (AvgIpc) is 3.11. The van der Waals surface area contributed by atoms with E-state index in [4.69, 9.17) is 0 Å². The van der Waals surface area contributed by atoms with Gasteiger partial charge in [0.05, 0.1) is 11.6 Å². The zero-order chi connectivity index (χ0) is 17.9. The minimum absolute atomic E-state index is 0.0281. The van der Waals surface area contributed by atoms with Crippen molar-refractivity contribution in [3.63, 3.8) is 0 Å². The molecule has 0 aliphatic carbocycles. The van der Waals surface area contributed by atoms with Crippen LogP contribution in [0.2, 0.25) is 0 Å². The minimum atomic E-state index is -0.124. The topological polar surface area (TPSA) is 56.8 Å². The summed E-state index contributed by atoms with van der Waals surface area (Å²) in [5, 5.41) is 1.79. The van der Waals surface area contributed by atoms with Crippen LogP contribution in [0.4, 0.5) is 0 Å². The maximum Gasteiger partial charge on any atom is 0.273 e. The largest absolute Gasteiger partial charge is 0.336 e. The van der Waals surface area contributed by atoms with Crippen molar-refractivity contribution in [3.05, 3.63) is 52.5 Å². The van der Waals surface area contributed by atoms with Gasteiger partial charge in [-0.1, -0.05) is 30.3 Å². The van der Waals surface area contributed by atoms with E-state index in [0.29, 0.717) is 31.7 Å². The number of hydrogen-bond acceptors (Lipinski definition) is 5. The molecular formula is C19H22N4O2S. The molecule has 0 N–H and O–H groups in total. The van der Waals surface area contributed by atoms with E-state index >= 15 is 0 Å². The van der Waals surface area contributed by atoms with Crippen molar-refractivity contribution in [2.75, 3.05) is 32.7 Å².